The van der Waals surface area contributed by atoms with Crippen molar-refractivity contribution < 1.29 is 19.1 Å². The lowest BCUT2D eigenvalue weighted by molar-refractivity contribution is -0.123. The first-order chi connectivity index (χ1) is 15.4. The average molecular weight is 449 g/mol. The summed E-state index contributed by atoms with van der Waals surface area (Å²) < 4.78 is 11.5. The standard InChI is InChI=1S/C26H44N2O4/c1-5-7-9-14-27-25(29)19-31-23-16-22(13-11-12-21(3)4)17-24(18-23)32-20-26(30)28-15-10-8-6-2/h16-18,21H,5-15,19-20H2,1-4H3,(H,27,29)(H,28,30). The first kappa shape index (κ1) is 27.8. The maximum Gasteiger partial charge on any atom is 0.257 e. The molecule has 32 heavy (non-hydrogen) atoms. The van der Waals surface area contributed by atoms with Crippen LogP contribution in [0, 0.1) is 5.92 Å². The van der Waals surface area contributed by atoms with Crippen molar-refractivity contribution in [3.05, 3.63) is 23.8 Å². The Morgan fingerprint density at radius 1 is 0.781 bits per heavy atom. The number of hydrogen-bond donors (Lipinski definition) is 2. The molecular formula is C26H44N2O4. The van der Waals surface area contributed by atoms with Crippen LogP contribution in [0.1, 0.15) is 84.6 Å². The van der Waals surface area contributed by atoms with Gasteiger partial charge in [-0.15, -0.1) is 0 Å². The average Bonchev–Trinajstić information content (AvgIpc) is 2.76. The molecule has 0 aliphatic carbocycles. The maximum absolute atomic E-state index is 12.0. The number of ether oxygens (including phenoxy) is 2. The topological polar surface area (TPSA) is 76.7 Å². The summed E-state index contributed by atoms with van der Waals surface area (Å²) in [6, 6.07) is 5.67. The second-order valence-corrected chi connectivity index (χ2v) is 8.79. The first-order valence-corrected chi connectivity index (χ1v) is 12.4. The molecule has 0 saturated carbocycles. The molecule has 0 unspecified atom stereocenters. The van der Waals surface area contributed by atoms with Gasteiger partial charge in [-0.05, 0) is 49.3 Å². The van der Waals surface area contributed by atoms with E-state index in [1.54, 1.807) is 6.07 Å². The highest BCUT2D eigenvalue weighted by Crippen LogP contribution is 2.25. The summed E-state index contributed by atoms with van der Waals surface area (Å²) in [7, 11) is 0. The minimum absolute atomic E-state index is 0.0288. The molecule has 6 heteroatoms. The lowest BCUT2D eigenvalue weighted by Gasteiger charge is -2.13. The van der Waals surface area contributed by atoms with Crippen LogP contribution in [-0.2, 0) is 16.0 Å². The highest BCUT2D eigenvalue weighted by Gasteiger charge is 2.09. The number of carbonyl (C=O) groups is 2. The van der Waals surface area contributed by atoms with Crippen molar-refractivity contribution in [1.82, 2.24) is 10.6 Å². The molecule has 2 N–H and O–H groups in total. The van der Waals surface area contributed by atoms with Gasteiger partial charge in [-0.2, -0.15) is 0 Å². The highest BCUT2D eigenvalue weighted by molar-refractivity contribution is 5.78. The Morgan fingerprint density at radius 3 is 1.72 bits per heavy atom. The largest absolute Gasteiger partial charge is 0.484 e. The van der Waals surface area contributed by atoms with Gasteiger partial charge in [0.05, 0.1) is 0 Å². The van der Waals surface area contributed by atoms with Crippen LogP contribution in [0.3, 0.4) is 0 Å². The SMILES string of the molecule is CCCCCNC(=O)COc1cc(CCCC(C)C)cc(OCC(=O)NCCCCC)c1. The van der Waals surface area contributed by atoms with E-state index in [4.69, 9.17) is 9.47 Å². The third kappa shape index (κ3) is 13.9. The molecule has 0 atom stereocenters. The molecule has 0 aliphatic heterocycles. The smallest absolute Gasteiger partial charge is 0.257 e. The zero-order chi connectivity index (χ0) is 23.6. The molecule has 6 nitrogen and oxygen atoms in total. The fourth-order valence-electron chi connectivity index (χ4n) is 3.26. The molecule has 1 aromatic carbocycles. The summed E-state index contributed by atoms with van der Waals surface area (Å²) >= 11 is 0. The van der Waals surface area contributed by atoms with E-state index in [1.165, 1.54) is 0 Å². The fraction of sp³-hybridized carbons (Fsp3) is 0.692. The van der Waals surface area contributed by atoms with Gasteiger partial charge < -0.3 is 20.1 Å². The molecule has 0 spiro atoms. The van der Waals surface area contributed by atoms with Crippen LogP contribution in [0.2, 0.25) is 0 Å². The lowest BCUT2D eigenvalue weighted by Crippen LogP contribution is -2.30. The van der Waals surface area contributed by atoms with Crippen LogP contribution in [0.5, 0.6) is 11.5 Å². The van der Waals surface area contributed by atoms with E-state index >= 15 is 0 Å². The summed E-state index contributed by atoms with van der Waals surface area (Å²) in [4.78, 5) is 24.1. The Kier molecular flexibility index (Phi) is 15.1. The van der Waals surface area contributed by atoms with Gasteiger partial charge >= 0.3 is 0 Å². The normalized spacial score (nSPS) is 10.8. The van der Waals surface area contributed by atoms with Gasteiger partial charge in [0, 0.05) is 19.2 Å². The molecule has 0 radical (unpaired) electrons. The molecule has 2 amide bonds. The number of aryl methyl sites for hydroxylation is 1. The minimum Gasteiger partial charge on any atom is -0.484 e. The second-order valence-electron chi connectivity index (χ2n) is 8.79. The molecule has 0 aliphatic rings. The molecule has 1 rings (SSSR count). The van der Waals surface area contributed by atoms with E-state index in [1.807, 2.05) is 12.1 Å². The van der Waals surface area contributed by atoms with Crippen molar-refractivity contribution in [1.29, 1.82) is 0 Å². The third-order valence-corrected chi connectivity index (χ3v) is 5.13. The Bertz CT molecular complexity index is 615. The number of hydrogen-bond acceptors (Lipinski definition) is 4. The summed E-state index contributed by atoms with van der Waals surface area (Å²) in [5, 5.41) is 5.77. The predicted octanol–water partition coefficient (Wildman–Crippen LogP) is 5.04. The van der Waals surface area contributed by atoms with Crippen LogP contribution < -0.4 is 20.1 Å². The minimum atomic E-state index is -0.125. The molecule has 0 fully saturated rings. The molecule has 1 aromatic rings. The Labute approximate surface area is 194 Å². The summed E-state index contributed by atoms with van der Waals surface area (Å²) in [5.74, 6) is 1.58. The number of carbonyl (C=O) groups excluding carboxylic acids is 2. The van der Waals surface area contributed by atoms with E-state index < -0.39 is 0 Å². The summed E-state index contributed by atoms with van der Waals surface area (Å²) in [5.41, 5.74) is 1.09. The zero-order valence-corrected chi connectivity index (χ0v) is 20.6. The zero-order valence-electron chi connectivity index (χ0n) is 20.6. The van der Waals surface area contributed by atoms with Crippen LogP contribution in [0.4, 0.5) is 0 Å². The van der Waals surface area contributed by atoms with Crippen LogP contribution in [-0.4, -0.2) is 38.1 Å². The van der Waals surface area contributed by atoms with Crippen molar-refractivity contribution in [2.24, 2.45) is 5.92 Å². The molecule has 0 saturated heterocycles. The van der Waals surface area contributed by atoms with E-state index in [-0.39, 0.29) is 25.0 Å². The van der Waals surface area contributed by atoms with Crippen molar-refractivity contribution >= 4 is 11.8 Å². The number of rotatable bonds is 18. The quantitative estimate of drug-likeness (QED) is 0.309. The molecule has 182 valence electrons. The van der Waals surface area contributed by atoms with Gasteiger partial charge in [0.2, 0.25) is 0 Å². The monoisotopic (exact) mass is 448 g/mol. The van der Waals surface area contributed by atoms with Gasteiger partial charge in [0.1, 0.15) is 11.5 Å². The lowest BCUT2D eigenvalue weighted by atomic mass is 10.0. The van der Waals surface area contributed by atoms with E-state index in [0.717, 1.165) is 63.4 Å². The molecular weight excluding hydrogens is 404 g/mol. The summed E-state index contributed by atoms with van der Waals surface area (Å²) in [6.07, 6.45) is 9.51. The fourth-order valence-corrected chi connectivity index (χ4v) is 3.26. The van der Waals surface area contributed by atoms with Gasteiger partial charge in [-0.1, -0.05) is 59.8 Å². The van der Waals surface area contributed by atoms with E-state index in [0.29, 0.717) is 30.5 Å². The number of amides is 2. The van der Waals surface area contributed by atoms with E-state index in [2.05, 4.69) is 38.3 Å². The van der Waals surface area contributed by atoms with Crippen molar-refractivity contribution in [3.8, 4) is 11.5 Å². The second kappa shape index (κ2) is 17.3. The Hall–Kier alpha value is -2.24. The predicted molar refractivity (Wildman–Crippen MR) is 130 cm³/mol. The van der Waals surface area contributed by atoms with Gasteiger partial charge in [-0.3, -0.25) is 9.59 Å². The van der Waals surface area contributed by atoms with Crippen LogP contribution >= 0.6 is 0 Å². The van der Waals surface area contributed by atoms with Gasteiger partial charge in [0.15, 0.2) is 13.2 Å². The van der Waals surface area contributed by atoms with Crippen molar-refractivity contribution in [2.45, 2.75) is 85.5 Å². The third-order valence-electron chi connectivity index (χ3n) is 5.13. The highest BCUT2D eigenvalue weighted by atomic mass is 16.5. The Morgan fingerprint density at radius 2 is 1.28 bits per heavy atom. The van der Waals surface area contributed by atoms with Crippen LogP contribution in [0.25, 0.3) is 0 Å². The van der Waals surface area contributed by atoms with Crippen molar-refractivity contribution in [3.63, 3.8) is 0 Å². The molecule has 0 heterocycles. The number of nitrogens with one attached hydrogen (secondary N) is 2. The van der Waals surface area contributed by atoms with Gasteiger partial charge in [-0.25, -0.2) is 0 Å². The maximum atomic E-state index is 12.0. The van der Waals surface area contributed by atoms with E-state index in [9.17, 15) is 9.59 Å². The van der Waals surface area contributed by atoms with Crippen LogP contribution in [0.15, 0.2) is 18.2 Å². The first-order valence-electron chi connectivity index (χ1n) is 12.4. The Balaban J connectivity index is 2.64. The number of benzene rings is 1. The number of unbranched alkanes of at least 4 members (excludes halogenated alkanes) is 4. The summed E-state index contributed by atoms with van der Waals surface area (Å²) in [6.45, 7) is 9.99. The van der Waals surface area contributed by atoms with Crippen molar-refractivity contribution in [2.75, 3.05) is 26.3 Å². The molecule has 0 aromatic heterocycles. The van der Waals surface area contributed by atoms with Gasteiger partial charge in [0.25, 0.3) is 11.8 Å². The molecule has 0 bridgehead atoms.